The van der Waals surface area contributed by atoms with E-state index in [1.165, 1.54) is 18.2 Å². The van der Waals surface area contributed by atoms with Crippen molar-refractivity contribution in [1.82, 2.24) is 25.7 Å². The van der Waals surface area contributed by atoms with Gasteiger partial charge in [0, 0.05) is 6.54 Å². The Hall–Kier alpha value is -2.00. The van der Waals surface area contributed by atoms with Crippen LogP contribution in [0.3, 0.4) is 0 Å². The number of aliphatic hydroxyl groups is 1. The van der Waals surface area contributed by atoms with Crippen LogP contribution < -0.4 is 10.6 Å². The van der Waals surface area contributed by atoms with Crippen molar-refractivity contribution >= 4 is 11.8 Å². The van der Waals surface area contributed by atoms with Crippen LogP contribution in [0.25, 0.3) is 0 Å². The van der Waals surface area contributed by atoms with E-state index in [1.54, 1.807) is 0 Å². The number of likely N-dealkylation sites (tertiary alicyclic amines) is 1. The van der Waals surface area contributed by atoms with E-state index in [-0.39, 0.29) is 18.3 Å². The summed E-state index contributed by atoms with van der Waals surface area (Å²) in [4.78, 5) is 26.1. The van der Waals surface area contributed by atoms with Crippen molar-refractivity contribution in [2.75, 3.05) is 13.1 Å². The summed E-state index contributed by atoms with van der Waals surface area (Å²) in [5.74, 6) is -0.292. The van der Waals surface area contributed by atoms with Crippen LogP contribution in [0.1, 0.15) is 25.7 Å². The molecule has 0 aliphatic carbocycles. The Morgan fingerprint density at radius 3 is 3.05 bits per heavy atom. The van der Waals surface area contributed by atoms with Gasteiger partial charge < -0.3 is 25.1 Å². The Labute approximate surface area is 127 Å². The van der Waals surface area contributed by atoms with Gasteiger partial charge in [0.05, 0.1) is 12.6 Å². The number of nitrogens with zero attached hydrogens (tertiary/aromatic N) is 3. The van der Waals surface area contributed by atoms with Crippen molar-refractivity contribution in [3.05, 3.63) is 12.3 Å². The van der Waals surface area contributed by atoms with E-state index in [1.807, 2.05) is 0 Å². The lowest BCUT2D eigenvalue weighted by molar-refractivity contribution is -0.164. The predicted molar refractivity (Wildman–Crippen MR) is 73.3 cm³/mol. The van der Waals surface area contributed by atoms with Crippen LogP contribution >= 0.6 is 0 Å². The van der Waals surface area contributed by atoms with Crippen LogP contribution in [-0.2, 0) is 16.1 Å². The summed E-state index contributed by atoms with van der Waals surface area (Å²) in [5, 5.41) is 22.9. The standard InChI is InChI=1S/C13H19N5O4/c1-8(19)10(11(20)14-5-9-17-16-7-22-9)18-6-13(12(18)21)3-2-4-15-13/h7-8,10,15,19H,2-6H2,1H3,(H,14,20)/t8-,10?,13?/m1/s1. The number of aliphatic hydroxyl groups excluding tert-OH is 1. The van der Waals surface area contributed by atoms with Gasteiger partial charge >= 0.3 is 0 Å². The van der Waals surface area contributed by atoms with Gasteiger partial charge in [-0.1, -0.05) is 0 Å². The van der Waals surface area contributed by atoms with Crippen molar-refractivity contribution in [2.24, 2.45) is 0 Å². The van der Waals surface area contributed by atoms with E-state index in [0.717, 1.165) is 19.4 Å². The molecule has 0 bridgehead atoms. The summed E-state index contributed by atoms with van der Waals surface area (Å²) in [6, 6.07) is -0.913. The van der Waals surface area contributed by atoms with E-state index in [0.29, 0.717) is 6.54 Å². The topological polar surface area (TPSA) is 121 Å². The van der Waals surface area contributed by atoms with Crippen LogP contribution in [0.15, 0.2) is 10.8 Å². The molecule has 2 aliphatic heterocycles. The first-order valence-corrected chi connectivity index (χ1v) is 7.30. The number of aromatic nitrogens is 2. The molecular weight excluding hydrogens is 290 g/mol. The van der Waals surface area contributed by atoms with Crippen molar-refractivity contribution in [1.29, 1.82) is 0 Å². The molecule has 1 aromatic rings. The first-order chi connectivity index (χ1) is 10.5. The predicted octanol–water partition coefficient (Wildman–Crippen LogP) is -1.60. The SMILES string of the molecule is C[C@@H](O)C(C(=O)NCc1nnco1)N1CC2(CCCN2)C1=O. The van der Waals surface area contributed by atoms with Gasteiger partial charge in [0.25, 0.3) is 0 Å². The van der Waals surface area contributed by atoms with E-state index in [4.69, 9.17) is 4.42 Å². The maximum absolute atomic E-state index is 12.4. The van der Waals surface area contributed by atoms with Crippen LogP contribution in [0.5, 0.6) is 0 Å². The third-order valence-corrected chi connectivity index (χ3v) is 4.23. The minimum atomic E-state index is -0.967. The molecule has 3 heterocycles. The minimum absolute atomic E-state index is 0.0630. The number of β-lactam (4-membered cyclic amide) rings is 1. The van der Waals surface area contributed by atoms with E-state index in [9.17, 15) is 14.7 Å². The number of hydrogen-bond acceptors (Lipinski definition) is 7. The zero-order valence-corrected chi connectivity index (χ0v) is 12.3. The van der Waals surface area contributed by atoms with Crippen molar-refractivity contribution in [3.63, 3.8) is 0 Å². The van der Waals surface area contributed by atoms with Crippen LogP contribution in [0, 0.1) is 0 Å². The average Bonchev–Trinajstić information content (AvgIpc) is 3.16. The second-order valence-corrected chi connectivity index (χ2v) is 5.78. The third kappa shape index (κ3) is 2.46. The van der Waals surface area contributed by atoms with Gasteiger partial charge in [-0.05, 0) is 26.3 Å². The molecule has 1 spiro atoms. The summed E-state index contributed by atoms with van der Waals surface area (Å²) in [7, 11) is 0. The molecule has 9 heteroatoms. The van der Waals surface area contributed by atoms with Gasteiger partial charge in [-0.3, -0.25) is 9.59 Å². The highest BCUT2D eigenvalue weighted by Crippen LogP contribution is 2.33. The zero-order valence-electron chi connectivity index (χ0n) is 12.3. The third-order valence-electron chi connectivity index (χ3n) is 4.23. The monoisotopic (exact) mass is 309 g/mol. The number of amides is 2. The van der Waals surface area contributed by atoms with Crippen LogP contribution in [-0.4, -0.2) is 62.8 Å². The molecular formula is C13H19N5O4. The lowest BCUT2D eigenvalue weighted by atomic mass is 9.84. The van der Waals surface area contributed by atoms with E-state index >= 15 is 0 Å². The van der Waals surface area contributed by atoms with Gasteiger partial charge in [-0.2, -0.15) is 0 Å². The molecule has 3 atom stereocenters. The van der Waals surface area contributed by atoms with Crippen molar-refractivity contribution < 1.29 is 19.1 Å². The molecule has 120 valence electrons. The molecule has 3 N–H and O–H groups in total. The largest absolute Gasteiger partial charge is 0.426 e. The molecule has 9 nitrogen and oxygen atoms in total. The van der Waals surface area contributed by atoms with Crippen molar-refractivity contribution in [2.45, 2.75) is 44.0 Å². The number of carbonyl (C=O) groups excluding carboxylic acids is 2. The summed E-state index contributed by atoms with van der Waals surface area (Å²) < 4.78 is 4.93. The zero-order chi connectivity index (χ0) is 15.7. The summed E-state index contributed by atoms with van der Waals surface area (Å²) in [6.45, 7) is 2.81. The number of rotatable bonds is 5. The molecule has 0 saturated carbocycles. The fourth-order valence-electron chi connectivity index (χ4n) is 3.12. The lowest BCUT2D eigenvalue weighted by Gasteiger charge is -2.50. The lowest BCUT2D eigenvalue weighted by Crippen LogP contribution is -2.76. The Morgan fingerprint density at radius 2 is 2.50 bits per heavy atom. The highest BCUT2D eigenvalue weighted by molar-refractivity contribution is 5.97. The molecule has 22 heavy (non-hydrogen) atoms. The van der Waals surface area contributed by atoms with Gasteiger partial charge in [0.2, 0.25) is 24.1 Å². The maximum Gasteiger partial charge on any atom is 0.245 e. The van der Waals surface area contributed by atoms with Crippen LogP contribution in [0.4, 0.5) is 0 Å². The van der Waals surface area contributed by atoms with E-state index in [2.05, 4.69) is 20.8 Å². The van der Waals surface area contributed by atoms with Gasteiger partial charge in [-0.15, -0.1) is 10.2 Å². The molecule has 2 saturated heterocycles. The molecule has 2 unspecified atom stereocenters. The maximum atomic E-state index is 12.4. The van der Waals surface area contributed by atoms with Crippen LogP contribution in [0.2, 0.25) is 0 Å². The molecule has 2 fully saturated rings. The number of hydrogen-bond donors (Lipinski definition) is 3. The first-order valence-electron chi connectivity index (χ1n) is 7.30. The smallest absolute Gasteiger partial charge is 0.245 e. The molecule has 3 rings (SSSR count). The fourth-order valence-corrected chi connectivity index (χ4v) is 3.12. The Bertz CT molecular complexity index is 553. The van der Waals surface area contributed by atoms with Crippen molar-refractivity contribution in [3.8, 4) is 0 Å². The van der Waals surface area contributed by atoms with Gasteiger partial charge in [0.15, 0.2) is 0 Å². The Kier molecular flexibility index (Phi) is 3.83. The van der Waals surface area contributed by atoms with Gasteiger partial charge in [-0.25, -0.2) is 0 Å². The second kappa shape index (κ2) is 5.65. The summed E-state index contributed by atoms with van der Waals surface area (Å²) in [6.07, 6.45) is 1.92. The molecule has 2 amide bonds. The second-order valence-electron chi connectivity index (χ2n) is 5.78. The molecule has 0 radical (unpaired) electrons. The van der Waals surface area contributed by atoms with Gasteiger partial charge in [0.1, 0.15) is 11.6 Å². The normalized spacial score (nSPS) is 26.8. The number of nitrogens with one attached hydrogen (secondary N) is 2. The molecule has 0 aromatic carbocycles. The quantitative estimate of drug-likeness (QED) is 0.560. The molecule has 2 aliphatic rings. The first kappa shape index (κ1) is 14.9. The molecule has 1 aromatic heterocycles. The Balaban J connectivity index is 1.63. The fraction of sp³-hybridized carbons (Fsp3) is 0.692. The Morgan fingerprint density at radius 1 is 1.68 bits per heavy atom. The highest BCUT2D eigenvalue weighted by Gasteiger charge is 2.57. The average molecular weight is 309 g/mol. The number of carbonyl (C=O) groups is 2. The van der Waals surface area contributed by atoms with E-state index < -0.39 is 23.6 Å². The minimum Gasteiger partial charge on any atom is -0.426 e. The highest BCUT2D eigenvalue weighted by atomic mass is 16.4. The summed E-state index contributed by atoms with van der Waals surface area (Å²) >= 11 is 0. The summed E-state index contributed by atoms with van der Waals surface area (Å²) in [5.41, 5.74) is -0.528.